The van der Waals surface area contributed by atoms with Gasteiger partial charge in [0.2, 0.25) is 5.91 Å². The minimum Gasteiger partial charge on any atom is -0.478 e. The van der Waals surface area contributed by atoms with Gasteiger partial charge in [-0.1, -0.05) is 12.1 Å². The van der Waals surface area contributed by atoms with Crippen molar-refractivity contribution in [1.82, 2.24) is 20.4 Å². The number of fused-ring (bicyclic) bond motifs is 2. The molecule has 9 heteroatoms. The van der Waals surface area contributed by atoms with Crippen LogP contribution in [0.1, 0.15) is 33.6 Å². The van der Waals surface area contributed by atoms with Gasteiger partial charge in [0.1, 0.15) is 0 Å². The second-order valence-electron chi connectivity index (χ2n) is 6.26. The van der Waals surface area contributed by atoms with Crippen molar-refractivity contribution < 1.29 is 19.4 Å². The van der Waals surface area contributed by atoms with Crippen LogP contribution in [0.2, 0.25) is 0 Å². The van der Waals surface area contributed by atoms with Gasteiger partial charge in [-0.05, 0) is 37.1 Å². The molecule has 0 radical (unpaired) electrons. The van der Waals surface area contributed by atoms with Gasteiger partial charge in [0.15, 0.2) is 0 Å². The Bertz CT molecular complexity index is 1020. The molecule has 0 saturated carbocycles. The highest BCUT2D eigenvalue weighted by molar-refractivity contribution is 6.05. The van der Waals surface area contributed by atoms with Crippen molar-refractivity contribution in [2.75, 3.05) is 13.2 Å². The molecule has 0 spiro atoms. The van der Waals surface area contributed by atoms with Crippen LogP contribution in [0.25, 0.3) is 21.8 Å². The molecule has 9 nitrogen and oxygen atoms in total. The SMILES string of the molecule is C1CCOC1.NC(=O)c1cccc2[nH]ncc12.O=C(O)c1cccc2[nH]ncc12. The number of carboxylic acid groups (broad SMARTS) is 1. The minimum atomic E-state index is -0.929. The van der Waals surface area contributed by atoms with Crippen molar-refractivity contribution in [1.29, 1.82) is 0 Å². The van der Waals surface area contributed by atoms with Gasteiger partial charge in [-0.3, -0.25) is 15.0 Å². The van der Waals surface area contributed by atoms with Gasteiger partial charge in [0, 0.05) is 24.0 Å². The molecule has 4 aromatic rings. The molecule has 1 fully saturated rings. The zero-order valence-corrected chi connectivity index (χ0v) is 15.6. The number of nitrogens with two attached hydrogens (primary N) is 1. The van der Waals surface area contributed by atoms with E-state index in [1.165, 1.54) is 19.0 Å². The molecule has 5 rings (SSSR count). The zero-order chi connectivity index (χ0) is 20.6. The molecule has 150 valence electrons. The van der Waals surface area contributed by atoms with Crippen molar-refractivity contribution in [3.8, 4) is 0 Å². The lowest BCUT2D eigenvalue weighted by atomic mass is 10.1. The van der Waals surface area contributed by atoms with Crippen molar-refractivity contribution in [2.24, 2.45) is 5.73 Å². The van der Waals surface area contributed by atoms with E-state index in [0.717, 1.165) is 29.6 Å². The van der Waals surface area contributed by atoms with Gasteiger partial charge in [0.05, 0.1) is 34.6 Å². The van der Waals surface area contributed by atoms with Crippen LogP contribution in [-0.4, -0.2) is 50.6 Å². The predicted octanol–water partition coefficient (Wildman–Crippen LogP) is 2.72. The van der Waals surface area contributed by atoms with Crippen LogP contribution in [0.15, 0.2) is 48.8 Å². The Kier molecular flexibility index (Phi) is 6.54. The fraction of sp³-hybridized carbons (Fsp3) is 0.200. The normalized spacial score (nSPS) is 12.7. The summed E-state index contributed by atoms with van der Waals surface area (Å²) >= 11 is 0. The molecule has 1 amide bonds. The minimum absolute atomic E-state index is 0.279. The number of aromatic amines is 2. The van der Waals surface area contributed by atoms with Crippen LogP contribution in [0.5, 0.6) is 0 Å². The number of rotatable bonds is 2. The Morgan fingerprint density at radius 1 is 0.897 bits per heavy atom. The summed E-state index contributed by atoms with van der Waals surface area (Å²) in [6, 6.07) is 10.3. The standard InChI is InChI=1S/C8H7N3O.C8H6N2O2.C4H8O/c9-8(12)5-2-1-3-7-6(5)4-10-11-7;11-8(12)5-2-1-3-7-6(5)4-9-10-7;1-2-4-5-3-1/h1-4H,(H2,9,12)(H,10,11);1-4H,(H,9,10)(H,11,12);1-4H2. The highest BCUT2D eigenvalue weighted by atomic mass is 16.5. The molecule has 29 heavy (non-hydrogen) atoms. The summed E-state index contributed by atoms with van der Waals surface area (Å²) in [5.41, 5.74) is 7.51. The summed E-state index contributed by atoms with van der Waals surface area (Å²) in [6.45, 7) is 2.00. The van der Waals surface area contributed by atoms with Crippen LogP contribution in [0, 0.1) is 0 Å². The highest BCUT2D eigenvalue weighted by Crippen LogP contribution is 2.16. The maximum atomic E-state index is 10.9. The number of hydrogen-bond acceptors (Lipinski definition) is 5. The van der Waals surface area contributed by atoms with E-state index in [4.69, 9.17) is 15.6 Å². The molecule has 1 aliphatic rings. The van der Waals surface area contributed by atoms with Crippen molar-refractivity contribution >= 4 is 33.7 Å². The number of carbonyl (C=O) groups is 2. The van der Waals surface area contributed by atoms with E-state index in [-0.39, 0.29) is 5.56 Å². The smallest absolute Gasteiger partial charge is 0.336 e. The third kappa shape index (κ3) is 4.96. The van der Waals surface area contributed by atoms with Gasteiger partial charge in [0.25, 0.3) is 0 Å². The molecule has 0 atom stereocenters. The Labute approximate surface area is 165 Å². The molecule has 1 saturated heterocycles. The van der Waals surface area contributed by atoms with Gasteiger partial charge in [-0.15, -0.1) is 0 Å². The van der Waals surface area contributed by atoms with Crippen LogP contribution in [-0.2, 0) is 4.74 Å². The van der Waals surface area contributed by atoms with E-state index in [1.54, 1.807) is 36.5 Å². The van der Waals surface area contributed by atoms with Crippen LogP contribution < -0.4 is 5.73 Å². The molecule has 0 bridgehead atoms. The van der Waals surface area contributed by atoms with Crippen molar-refractivity contribution in [3.63, 3.8) is 0 Å². The number of carboxylic acids is 1. The summed E-state index contributed by atoms with van der Waals surface area (Å²) in [4.78, 5) is 21.6. The number of nitrogens with one attached hydrogen (secondary N) is 2. The van der Waals surface area contributed by atoms with Crippen LogP contribution in [0.4, 0.5) is 0 Å². The number of primary amides is 1. The van der Waals surface area contributed by atoms with Gasteiger partial charge < -0.3 is 15.6 Å². The lowest BCUT2D eigenvalue weighted by molar-refractivity contribution is 0.0698. The first-order chi connectivity index (χ1) is 14.1. The Balaban J connectivity index is 0.000000135. The number of hydrogen-bond donors (Lipinski definition) is 4. The van der Waals surface area contributed by atoms with Gasteiger partial charge in [-0.25, -0.2) is 4.79 Å². The summed E-state index contributed by atoms with van der Waals surface area (Å²) in [6.07, 6.45) is 5.66. The van der Waals surface area contributed by atoms with Gasteiger partial charge >= 0.3 is 5.97 Å². The second-order valence-corrected chi connectivity index (χ2v) is 6.26. The van der Waals surface area contributed by atoms with Crippen LogP contribution >= 0.6 is 0 Å². The second kappa shape index (κ2) is 9.47. The number of ether oxygens (including phenoxy) is 1. The van der Waals surface area contributed by atoms with E-state index in [9.17, 15) is 9.59 Å². The first-order valence-electron chi connectivity index (χ1n) is 9.03. The first kappa shape index (κ1) is 20.0. The number of carbonyl (C=O) groups excluding carboxylic acids is 1. The predicted molar refractivity (Wildman–Crippen MR) is 108 cm³/mol. The lowest BCUT2D eigenvalue weighted by Crippen LogP contribution is -2.10. The van der Waals surface area contributed by atoms with E-state index in [1.807, 2.05) is 6.07 Å². The maximum absolute atomic E-state index is 10.9. The Morgan fingerprint density at radius 3 is 1.86 bits per heavy atom. The van der Waals surface area contributed by atoms with Crippen molar-refractivity contribution in [2.45, 2.75) is 12.8 Å². The summed E-state index contributed by atoms with van der Waals surface area (Å²) in [5, 5.41) is 23.2. The average Bonchev–Trinajstić information content (AvgIpc) is 3.50. The number of aromatic nitrogens is 4. The fourth-order valence-electron chi connectivity index (χ4n) is 2.85. The topological polar surface area (TPSA) is 147 Å². The maximum Gasteiger partial charge on any atom is 0.336 e. The molecule has 2 aromatic heterocycles. The van der Waals surface area contributed by atoms with E-state index < -0.39 is 11.9 Å². The molecule has 1 aliphatic heterocycles. The first-order valence-corrected chi connectivity index (χ1v) is 9.03. The monoisotopic (exact) mass is 395 g/mol. The summed E-state index contributed by atoms with van der Waals surface area (Å²) < 4.78 is 4.94. The number of nitrogens with zero attached hydrogens (tertiary/aromatic N) is 2. The summed E-state index contributed by atoms with van der Waals surface area (Å²) in [5.74, 6) is -1.36. The highest BCUT2D eigenvalue weighted by Gasteiger charge is 2.08. The molecular weight excluding hydrogens is 374 g/mol. The zero-order valence-electron chi connectivity index (χ0n) is 15.6. The van der Waals surface area contributed by atoms with Crippen LogP contribution in [0.3, 0.4) is 0 Å². The number of benzene rings is 2. The number of amides is 1. The van der Waals surface area contributed by atoms with E-state index in [0.29, 0.717) is 10.9 Å². The molecule has 5 N–H and O–H groups in total. The largest absolute Gasteiger partial charge is 0.478 e. The third-order valence-electron chi connectivity index (χ3n) is 4.29. The molecular formula is C20H21N5O4. The number of aromatic carboxylic acids is 1. The molecule has 0 aliphatic carbocycles. The van der Waals surface area contributed by atoms with Crippen molar-refractivity contribution in [3.05, 3.63) is 59.9 Å². The number of H-pyrrole nitrogens is 2. The van der Waals surface area contributed by atoms with E-state index in [2.05, 4.69) is 20.4 Å². The molecule has 3 heterocycles. The lowest BCUT2D eigenvalue weighted by Gasteiger charge is -1.94. The average molecular weight is 395 g/mol. The van der Waals surface area contributed by atoms with Gasteiger partial charge in [-0.2, -0.15) is 10.2 Å². The third-order valence-corrected chi connectivity index (χ3v) is 4.29. The molecule has 0 unspecified atom stereocenters. The van der Waals surface area contributed by atoms with E-state index >= 15 is 0 Å². The summed E-state index contributed by atoms with van der Waals surface area (Å²) in [7, 11) is 0. The Morgan fingerprint density at radius 2 is 1.41 bits per heavy atom. The quantitative estimate of drug-likeness (QED) is 0.410. The fourth-order valence-corrected chi connectivity index (χ4v) is 2.85. The Hall–Kier alpha value is -3.72. The molecule has 2 aromatic carbocycles.